The Hall–Kier alpha value is -4.20. The number of amides is 3. The lowest BCUT2D eigenvalue weighted by atomic mass is 9.96. The molecule has 1 aromatic heterocycles. The molecule has 0 aliphatic carbocycles. The number of ketones is 1. The van der Waals surface area contributed by atoms with Crippen LogP contribution >= 0.6 is 0 Å². The van der Waals surface area contributed by atoms with Crippen molar-refractivity contribution >= 4 is 29.2 Å². The van der Waals surface area contributed by atoms with E-state index in [2.05, 4.69) is 24.5 Å². The molecule has 8 nitrogen and oxygen atoms in total. The predicted octanol–water partition coefficient (Wildman–Crippen LogP) is 5.02. The topological polar surface area (TPSA) is 109 Å². The van der Waals surface area contributed by atoms with Crippen LogP contribution in [0.4, 0.5) is 5.69 Å². The highest BCUT2D eigenvalue weighted by molar-refractivity contribution is 6.04. The normalized spacial score (nSPS) is 12.1. The van der Waals surface area contributed by atoms with Gasteiger partial charge < -0.3 is 15.1 Å². The molecule has 38 heavy (non-hydrogen) atoms. The van der Waals surface area contributed by atoms with Gasteiger partial charge in [-0.1, -0.05) is 38.1 Å². The van der Waals surface area contributed by atoms with E-state index in [-0.39, 0.29) is 24.0 Å². The second-order valence-electron chi connectivity index (χ2n) is 10.5. The number of carbonyl (C=O) groups is 4. The molecule has 0 saturated heterocycles. The van der Waals surface area contributed by atoms with Gasteiger partial charge in [-0.3, -0.25) is 24.1 Å². The van der Waals surface area contributed by atoms with Crippen LogP contribution in [0, 0.1) is 0 Å². The van der Waals surface area contributed by atoms with E-state index in [0.717, 1.165) is 5.56 Å². The van der Waals surface area contributed by atoms with Crippen molar-refractivity contribution in [2.75, 3.05) is 11.4 Å². The number of benzene rings is 2. The number of furan rings is 1. The van der Waals surface area contributed by atoms with E-state index >= 15 is 0 Å². The summed E-state index contributed by atoms with van der Waals surface area (Å²) < 4.78 is 5.12. The maximum absolute atomic E-state index is 13.7. The Balaban J connectivity index is 2.06. The molecule has 1 heterocycles. The van der Waals surface area contributed by atoms with Gasteiger partial charge >= 0.3 is 0 Å². The van der Waals surface area contributed by atoms with Crippen molar-refractivity contribution in [1.29, 1.82) is 0 Å². The Morgan fingerprint density at radius 3 is 2.00 bits per heavy atom. The highest BCUT2D eigenvalue weighted by atomic mass is 16.3. The first-order chi connectivity index (χ1) is 17.9. The summed E-state index contributed by atoms with van der Waals surface area (Å²) in [4.78, 5) is 53.1. The molecule has 200 valence electrons. The van der Waals surface area contributed by atoms with Gasteiger partial charge in [0.15, 0.2) is 11.5 Å². The third-order valence-corrected chi connectivity index (χ3v) is 5.89. The standard InChI is InChI=1S/C30H35N3O5/c1-19(2)21-9-11-23(12-10-21)27(29(37)32-30(4,5)6)33(24-15-13-22(14-16-24)20(3)34)26(35)18-31-28(36)25-8-7-17-38-25/h7-17,19,27H,18H2,1-6H3,(H,31,36)(H,32,37)/t27-/m0/s1. The van der Waals surface area contributed by atoms with Crippen LogP contribution in [-0.2, 0) is 9.59 Å². The van der Waals surface area contributed by atoms with Gasteiger partial charge in [0.05, 0.1) is 12.8 Å². The molecule has 3 amide bonds. The zero-order chi connectivity index (χ0) is 28.0. The van der Waals surface area contributed by atoms with Gasteiger partial charge in [-0.25, -0.2) is 0 Å². The molecule has 1 atom stereocenters. The zero-order valence-electron chi connectivity index (χ0n) is 22.7. The number of hydrogen-bond donors (Lipinski definition) is 2. The van der Waals surface area contributed by atoms with Crippen molar-refractivity contribution in [2.45, 2.75) is 59.0 Å². The fourth-order valence-corrected chi connectivity index (χ4v) is 3.95. The largest absolute Gasteiger partial charge is 0.459 e. The number of anilines is 1. The first-order valence-electron chi connectivity index (χ1n) is 12.5. The minimum Gasteiger partial charge on any atom is -0.459 e. The first kappa shape index (κ1) is 28.4. The highest BCUT2D eigenvalue weighted by Gasteiger charge is 2.34. The fourth-order valence-electron chi connectivity index (χ4n) is 3.95. The lowest BCUT2D eigenvalue weighted by molar-refractivity contribution is -0.127. The zero-order valence-corrected chi connectivity index (χ0v) is 22.7. The summed E-state index contributed by atoms with van der Waals surface area (Å²) in [5, 5.41) is 5.56. The summed E-state index contributed by atoms with van der Waals surface area (Å²) in [5.41, 5.74) is 2.03. The molecule has 8 heteroatoms. The molecule has 3 aromatic rings. The molecular formula is C30H35N3O5. The first-order valence-corrected chi connectivity index (χ1v) is 12.5. The van der Waals surface area contributed by atoms with E-state index in [1.807, 2.05) is 45.0 Å². The monoisotopic (exact) mass is 517 g/mol. The molecule has 0 radical (unpaired) electrons. The Bertz CT molecular complexity index is 1270. The molecule has 3 rings (SSSR count). The van der Waals surface area contributed by atoms with E-state index in [1.54, 1.807) is 30.3 Å². The van der Waals surface area contributed by atoms with Gasteiger partial charge in [0, 0.05) is 16.8 Å². The Kier molecular flexibility index (Phi) is 8.88. The third kappa shape index (κ3) is 7.18. The van der Waals surface area contributed by atoms with Crippen LogP contribution in [0.2, 0.25) is 0 Å². The van der Waals surface area contributed by atoms with Gasteiger partial charge in [-0.2, -0.15) is 0 Å². The van der Waals surface area contributed by atoms with Crippen molar-refractivity contribution in [3.63, 3.8) is 0 Å². The highest BCUT2D eigenvalue weighted by Crippen LogP contribution is 2.30. The van der Waals surface area contributed by atoms with Crippen LogP contribution in [0.15, 0.2) is 71.3 Å². The van der Waals surface area contributed by atoms with Crippen LogP contribution in [0.3, 0.4) is 0 Å². The van der Waals surface area contributed by atoms with Crippen molar-refractivity contribution in [1.82, 2.24) is 10.6 Å². The SMILES string of the molecule is CC(=O)c1ccc(N(C(=O)CNC(=O)c2ccco2)[C@H](C(=O)NC(C)(C)C)c2ccc(C(C)C)cc2)cc1. The molecule has 0 fully saturated rings. The van der Waals surface area contributed by atoms with E-state index in [4.69, 9.17) is 4.42 Å². The maximum Gasteiger partial charge on any atom is 0.287 e. The van der Waals surface area contributed by atoms with E-state index in [9.17, 15) is 19.2 Å². The molecule has 0 saturated carbocycles. The number of nitrogens with one attached hydrogen (secondary N) is 2. The van der Waals surface area contributed by atoms with Crippen molar-refractivity contribution in [2.24, 2.45) is 0 Å². The number of carbonyl (C=O) groups excluding carboxylic acids is 4. The maximum atomic E-state index is 13.7. The minimum atomic E-state index is -1.04. The third-order valence-electron chi connectivity index (χ3n) is 5.89. The summed E-state index contributed by atoms with van der Waals surface area (Å²) in [6.07, 6.45) is 1.37. The lowest BCUT2D eigenvalue weighted by Gasteiger charge is -2.34. The molecule has 0 bridgehead atoms. The second kappa shape index (κ2) is 11.9. The quantitative estimate of drug-likeness (QED) is 0.387. The Labute approximate surface area is 223 Å². The van der Waals surface area contributed by atoms with E-state index in [1.165, 1.54) is 24.2 Å². The summed E-state index contributed by atoms with van der Waals surface area (Å²) in [6, 6.07) is 16.1. The summed E-state index contributed by atoms with van der Waals surface area (Å²) >= 11 is 0. The molecule has 2 N–H and O–H groups in total. The fraction of sp³-hybridized carbons (Fsp3) is 0.333. The van der Waals surface area contributed by atoms with Gasteiger partial charge in [-0.15, -0.1) is 0 Å². The summed E-state index contributed by atoms with van der Waals surface area (Å²) in [7, 11) is 0. The molecule has 2 aromatic carbocycles. The predicted molar refractivity (Wildman–Crippen MR) is 146 cm³/mol. The molecule has 0 unspecified atom stereocenters. The summed E-state index contributed by atoms with van der Waals surface area (Å²) in [6.45, 7) is 10.8. The summed E-state index contributed by atoms with van der Waals surface area (Å²) in [5.74, 6) is -1.20. The Morgan fingerprint density at radius 2 is 1.50 bits per heavy atom. The van der Waals surface area contributed by atoms with Gasteiger partial charge in [0.2, 0.25) is 11.8 Å². The number of Topliss-reactive ketones (excluding diaryl/α,β-unsaturated/α-hetero) is 1. The van der Waals surface area contributed by atoms with Gasteiger partial charge in [-0.05, 0) is 81.1 Å². The van der Waals surface area contributed by atoms with Crippen LogP contribution < -0.4 is 15.5 Å². The smallest absolute Gasteiger partial charge is 0.287 e. The van der Waals surface area contributed by atoms with Gasteiger partial charge in [0.25, 0.3) is 5.91 Å². The van der Waals surface area contributed by atoms with Crippen LogP contribution in [0.25, 0.3) is 0 Å². The average Bonchev–Trinajstić information content (AvgIpc) is 3.40. The van der Waals surface area contributed by atoms with Gasteiger partial charge in [0.1, 0.15) is 6.04 Å². The van der Waals surface area contributed by atoms with E-state index < -0.39 is 23.4 Å². The molecule has 0 aliphatic rings. The number of hydrogen-bond acceptors (Lipinski definition) is 5. The van der Waals surface area contributed by atoms with Crippen LogP contribution in [-0.4, -0.2) is 35.6 Å². The van der Waals surface area contributed by atoms with Crippen molar-refractivity contribution in [3.05, 3.63) is 89.4 Å². The van der Waals surface area contributed by atoms with Crippen LogP contribution in [0.1, 0.15) is 85.5 Å². The van der Waals surface area contributed by atoms with E-state index in [0.29, 0.717) is 22.7 Å². The van der Waals surface area contributed by atoms with Crippen molar-refractivity contribution in [3.8, 4) is 0 Å². The number of nitrogens with zero attached hydrogens (tertiary/aromatic N) is 1. The van der Waals surface area contributed by atoms with Crippen LogP contribution in [0.5, 0.6) is 0 Å². The minimum absolute atomic E-state index is 0.0708. The average molecular weight is 518 g/mol. The number of rotatable bonds is 9. The molecular weight excluding hydrogens is 482 g/mol. The Morgan fingerprint density at radius 1 is 0.895 bits per heavy atom. The van der Waals surface area contributed by atoms with Crippen molar-refractivity contribution < 1.29 is 23.6 Å². The molecule has 0 aliphatic heterocycles. The molecule has 0 spiro atoms. The second-order valence-corrected chi connectivity index (χ2v) is 10.5. The lowest BCUT2D eigenvalue weighted by Crippen LogP contribution is -2.51.